The number of Topliss-reactive ketones (excluding diaryl/α,β-unsaturated/α-hetero) is 1. The summed E-state index contributed by atoms with van der Waals surface area (Å²) in [5.74, 6) is -0.559. The molecule has 0 bridgehead atoms. The van der Waals surface area contributed by atoms with Crippen molar-refractivity contribution in [2.45, 2.75) is 19.4 Å². The van der Waals surface area contributed by atoms with Crippen LogP contribution < -0.4 is 10.5 Å². The zero-order chi connectivity index (χ0) is 12.8. The number of hydrogen-bond donors (Lipinski definition) is 2. The Morgan fingerprint density at radius 3 is 2.41 bits per heavy atom. The maximum Gasteiger partial charge on any atom is 0.324 e. The fourth-order valence-electron chi connectivity index (χ4n) is 1.20. The van der Waals surface area contributed by atoms with Gasteiger partial charge in [0.2, 0.25) is 0 Å². The van der Waals surface area contributed by atoms with Gasteiger partial charge in [-0.3, -0.25) is 9.59 Å². The number of carboxylic acids is 1. The van der Waals surface area contributed by atoms with Crippen molar-refractivity contribution in [3.05, 3.63) is 29.8 Å². The smallest absolute Gasteiger partial charge is 0.324 e. The average molecular weight is 237 g/mol. The molecule has 0 heterocycles. The molecule has 1 rings (SSSR count). The highest BCUT2D eigenvalue weighted by Gasteiger charge is 2.12. The van der Waals surface area contributed by atoms with Gasteiger partial charge >= 0.3 is 5.97 Å². The molecule has 1 aromatic carbocycles. The number of ether oxygens (including phenoxy) is 1. The topological polar surface area (TPSA) is 89.6 Å². The first-order valence-corrected chi connectivity index (χ1v) is 5.29. The van der Waals surface area contributed by atoms with Gasteiger partial charge in [0.1, 0.15) is 18.4 Å². The van der Waals surface area contributed by atoms with Crippen LogP contribution in [0.25, 0.3) is 0 Å². The summed E-state index contributed by atoms with van der Waals surface area (Å²) in [6.07, 6.45) is 0.449. The molecular formula is C12H15NO4. The Hall–Kier alpha value is -1.88. The Morgan fingerprint density at radius 2 is 1.94 bits per heavy atom. The molecule has 0 aliphatic rings. The van der Waals surface area contributed by atoms with E-state index in [1.165, 1.54) is 0 Å². The second-order valence-electron chi connectivity index (χ2n) is 3.56. The molecule has 0 aliphatic heterocycles. The zero-order valence-corrected chi connectivity index (χ0v) is 9.55. The van der Waals surface area contributed by atoms with E-state index in [9.17, 15) is 9.59 Å². The Balaban J connectivity index is 2.57. The highest BCUT2D eigenvalue weighted by atomic mass is 16.5. The van der Waals surface area contributed by atoms with E-state index in [-0.39, 0.29) is 12.4 Å². The van der Waals surface area contributed by atoms with Crippen LogP contribution in [-0.2, 0) is 4.79 Å². The predicted molar refractivity (Wildman–Crippen MR) is 62.2 cm³/mol. The lowest BCUT2D eigenvalue weighted by atomic mass is 10.1. The molecule has 1 unspecified atom stereocenters. The van der Waals surface area contributed by atoms with Crippen LogP contribution >= 0.6 is 0 Å². The van der Waals surface area contributed by atoms with E-state index in [1.54, 1.807) is 31.2 Å². The molecule has 0 radical (unpaired) electrons. The first-order chi connectivity index (χ1) is 8.04. The fraction of sp³-hybridized carbons (Fsp3) is 0.333. The maximum atomic E-state index is 11.3. The van der Waals surface area contributed by atoms with Crippen LogP contribution in [0.5, 0.6) is 5.75 Å². The summed E-state index contributed by atoms with van der Waals surface area (Å²) >= 11 is 0. The van der Waals surface area contributed by atoms with Gasteiger partial charge < -0.3 is 15.6 Å². The van der Waals surface area contributed by atoms with E-state index in [0.717, 1.165) is 0 Å². The van der Waals surface area contributed by atoms with E-state index in [2.05, 4.69) is 0 Å². The number of carbonyl (C=O) groups excluding carboxylic acids is 1. The third-order valence-corrected chi connectivity index (χ3v) is 2.24. The Bertz CT molecular complexity index is 399. The summed E-state index contributed by atoms with van der Waals surface area (Å²) in [6, 6.07) is 5.49. The summed E-state index contributed by atoms with van der Waals surface area (Å²) in [5.41, 5.74) is 5.90. The van der Waals surface area contributed by atoms with Crippen molar-refractivity contribution in [1.82, 2.24) is 0 Å². The van der Waals surface area contributed by atoms with Crippen molar-refractivity contribution in [2.24, 2.45) is 5.73 Å². The van der Waals surface area contributed by atoms with Gasteiger partial charge in [-0.25, -0.2) is 0 Å². The van der Waals surface area contributed by atoms with Crippen LogP contribution in [0.15, 0.2) is 24.3 Å². The largest absolute Gasteiger partial charge is 0.491 e. The Kier molecular flexibility index (Phi) is 4.66. The SMILES string of the molecule is CCC(=O)c1ccc(OCC(N)C(=O)O)cc1. The lowest BCUT2D eigenvalue weighted by molar-refractivity contribution is -0.139. The van der Waals surface area contributed by atoms with Gasteiger partial charge in [-0.15, -0.1) is 0 Å². The van der Waals surface area contributed by atoms with Gasteiger partial charge in [-0.2, -0.15) is 0 Å². The minimum atomic E-state index is -1.11. The normalized spacial score (nSPS) is 11.9. The molecule has 0 saturated carbocycles. The molecule has 1 atom stereocenters. The van der Waals surface area contributed by atoms with Crippen molar-refractivity contribution in [3.63, 3.8) is 0 Å². The number of aliphatic carboxylic acids is 1. The summed E-state index contributed by atoms with van der Waals surface area (Å²) in [7, 11) is 0. The van der Waals surface area contributed by atoms with Crippen LogP contribution in [-0.4, -0.2) is 29.5 Å². The summed E-state index contributed by atoms with van der Waals surface area (Å²) < 4.78 is 5.18. The molecule has 92 valence electrons. The molecule has 3 N–H and O–H groups in total. The van der Waals surface area contributed by atoms with Crippen molar-refractivity contribution in [3.8, 4) is 5.75 Å². The van der Waals surface area contributed by atoms with Gasteiger partial charge in [-0.05, 0) is 24.3 Å². The third-order valence-electron chi connectivity index (χ3n) is 2.24. The van der Waals surface area contributed by atoms with E-state index in [4.69, 9.17) is 15.6 Å². The number of carbonyl (C=O) groups is 2. The minimum absolute atomic E-state index is 0.0544. The number of rotatable bonds is 6. The minimum Gasteiger partial charge on any atom is -0.491 e. The lowest BCUT2D eigenvalue weighted by Gasteiger charge is -2.09. The van der Waals surface area contributed by atoms with Gasteiger partial charge in [-0.1, -0.05) is 6.92 Å². The monoisotopic (exact) mass is 237 g/mol. The van der Waals surface area contributed by atoms with Crippen molar-refractivity contribution >= 4 is 11.8 Å². The Morgan fingerprint density at radius 1 is 1.35 bits per heavy atom. The lowest BCUT2D eigenvalue weighted by Crippen LogP contribution is -2.36. The number of carboxylic acid groups (broad SMARTS) is 1. The molecule has 1 aromatic rings. The predicted octanol–water partition coefficient (Wildman–Crippen LogP) is 1.07. The maximum absolute atomic E-state index is 11.3. The van der Waals surface area contributed by atoms with E-state index in [1.807, 2.05) is 0 Å². The summed E-state index contributed by atoms with van der Waals surface area (Å²) in [4.78, 5) is 21.8. The van der Waals surface area contributed by atoms with Gasteiger partial charge in [0.05, 0.1) is 0 Å². The van der Waals surface area contributed by atoms with Gasteiger partial charge in [0.15, 0.2) is 5.78 Å². The van der Waals surface area contributed by atoms with Crippen LogP contribution in [0, 0.1) is 0 Å². The molecular weight excluding hydrogens is 222 g/mol. The number of ketones is 1. The van der Waals surface area contributed by atoms with Crippen LogP contribution in [0.2, 0.25) is 0 Å². The summed E-state index contributed by atoms with van der Waals surface area (Å²) in [6.45, 7) is 1.69. The first kappa shape index (κ1) is 13.2. The van der Waals surface area contributed by atoms with E-state index >= 15 is 0 Å². The molecule has 0 saturated heterocycles. The second-order valence-corrected chi connectivity index (χ2v) is 3.56. The summed E-state index contributed by atoms with van der Waals surface area (Å²) in [5, 5.41) is 8.56. The van der Waals surface area contributed by atoms with Gasteiger partial charge in [0.25, 0.3) is 0 Å². The molecule has 0 amide bonds. The molecule has 5 heteroatoms. The Labute approximate surface area is 99.2 Å². The van der Waals surface area contributed by atoms with Crippen LogP contribution in [0.3, 0.4) is 0 Å². The van der Waals surface area contributed by atoms with E-state index < -0.39 is 12.0 Å². The van der Waals surface area contributed by atoms with E-state index in [0.29, 0.717) is 17.7 Å². The molecule has 0 spiro atoms. The van der Waals surface area contributed by atoms with Crippen molar-refractivity contribution in [1.29, 1.82) is 0 Å². The van der Waals surface area contributed by atoms with Crippen molar-refractivity contribution < 1.29 is 19.4 Å². The molecule has 0 aliphatic carbocycles. The zero-order valence-electron chi connectivity index (χ0n) is 9.55. The quantitative estimate of drug-likeness (QED) is 0.722. The molecule has 0 fully saturated rings. The standard InChI is InChI=1S/C12H15NO4/c1-2-11(14)8-3-5-9(6-4-8)17-7-10(13)12(15)16/h3-6,10H,2,7,13H2,1H3,(H,15,16). The van der Waals surface area contributed by atoms with Gasteiger partial charge in [0, 0.05) is 12.0 Å². The first-order valence-electron chi connectivity index (χ1n) is 5.29. The van der Waals surface area contributed by atoms with Crippen LogP contribution in [0.4, 0.5) is 0 Å². The highest BCUT2D eigenvalue weighted by molar-refractivity contribution is 5.95. The number of nitrogens with two attached hydrogens (primary N) is 1. The van der Waals surface area contributed by atoms with Crippen LogP contribution in [0.1, 0.15) is 23.7 Å². The highest BCUT2D eigenvalue weighted by Crippen LogP contribution is 2.13. The fourth-order valence-corrected chi connectivity index (χ4v) is 1.20. The molecule has 5 nitrogen and oxygen atoms in total. The second kappa shape index (κ2) is 6.00. The molecule has 0 aromatic heterocycles. The van der Waals surface area contributed by atoms with Crippen molar-refractivity contribution in [2.75, 3.05) is 6.61 Å². The molecule has 17 heavy (non-hydrogen) atoms. The number of benzene rings is 1. The number of hydrogen-bond acceptors (Lipinski definition) is 4. The third kappa shape index (κ3) is 3.88. The average Bonchev–Trinajstić information content (AvgIpc) is 2.35.